The topological polar surface area (TPSA) is 73.6 Å². The third-order valence-corrected chi connectivity index (χ3v) is 3.97. The van der Waals surface area contributed by atoms with Crippen LogP contribution in [0.1, 0.15) is 41.5 Å². The molecule has 1 unspecified atom stereocenters. The second-order valence-electron chi connectivity index (χ2n) is 5.48. The molecule has 0 radical (unpaired) electrons. The Kier molecular flexibility index (Phi) is 4.40. The number of rotatable bonds is 6. The zero-order valence-corrected chi connectivity index (χ0v) is 12.6. The van der Waals surface area contributed by atoms with Crippen molar-refractivity contribution in [2.75, 3.05) is 20.3 Å². The summed E-state index contributed by atoms with van der Waals surface area (Å²) in [6.07, 6.45) is 2.87. The summed E-state index contributed by atoms with van der Waals surface area (Å²) in [6.45, 7) is 2.22. The number of carboxylic acid groups (broad SMARTS) is 1. The lowest BCUT2D eigenvalue weighted by molar-refractivity contribution is 0.0697. The van der Waals surface area contributed by atoms with E-state index in [1.165, 1.54) is 0 Å². The number of carbonyl (C=O) groups is 1. The van der Waals surface area contributed by atoms with Crippen LogP contribution in [-0.2, 0) is 16.0 Å². The summed E-state index contributed by atoms with van der Waals surface area (Å²) in [6, 6.07) is 5.08. The molecule has 1 saturated heterocycles. The van der Waals surface area contributed by atoms with E-state index in [1.54, 1.807) is 19.2 Å². The van der Waals surface area contributed by atoms with Crippen LogP contribution in [0, 0.1) is 0 Å². The van der Waals surface area contributed by atoms with Gasteiger partial charge in [-0.3, -0.25) is 0 Å². The fraction of sp³-hybridized carbons (Fsp3) is 0.500. The Morgan fingerprint density at radius 1 is 1.55 bits per heavy atom. The first kappa shape index (κ1) is 15.0. The van der Waals surface area contributed by atoms with Gasteiger partial charge in [0.05, 0.1) is 16.6 Å². The first-order chi connectivity index (χ1) is 10.7. The van der Waals surface area contributed by atoms with Crippen molar-refractivity contribution in [3.8, 4) is 0 Å². The lowest BCUT2D eigenvalue weighted by atomic mass is 10.2. The normalized spacial score (nSPS) is 18.1. The van der Waals surface area contributed by atoms with Gasteiger partial charge in [-0.2, -0.15) is 0 Å². The van der Waals surface area contributed by atoms with Gasteiger partial charge in [-0.15, -0.1) is 0 Å². The van der Waals surface area contributed by atoms with Crippen molar-refractivity contribution in [3.05, 3.63) is 29.6 Å². The Labute approximate surface area is 128 Å². The van der Waals surface area contributed by atoms with E-state index in [4.69, 9.17) is 14.6 Å². The molecular weight excluding hydrogens is 284 g/mol. The second-order valence-corrected chi connectivity index (χ2v) is 5.48. The standard InChI is InChI=1S/C16H20N2O4/c1-21-8-3-7-18-13-6-5-11(16(19)20)10-12(13)17-15(18)14-4-2-9-22-14/h5-6,10,14H,2-4,7-9H2,1H3,(H,19,20). The van der Waals surface area contributed by atoms with Gasteiger partial charge < -0.3 is 19.1 Å². The SMILES string of the molecule is COCCCn1c(C2CCCO2)nc2cc(C(=O)O)ccc21. The Morgan fingerprint density at radius 3 is 3.09 bits per heavy atom. The van der Waals surface area contributed by atoms with Crippen LogP contribution < -0.4 is 0 Å². The van der Waals surface area contributed by atoms with Gasteiger partial charge in [-0.25, -0.2) is 9.78 Å². The number of aromatic nitrogens is 2. The van der Waals surface area contributed by atoms with Gasteiger partial charge in [-0.05, 0) is 37.5 Å². The maximum absolute atomic E-state index is 11.1. The van der Waals surface area contributed by atoms with Crippen LogP contribution in [0.4, 0.5) is 0 Å². The fourth-order valence-electron chi connectivity index (χ4n) is 2.91. The highest BCUT2D eigenvalue weighted by atomic mass is 16.5. The summed E-state index contributed by atoms with van der Waals surface area (Å²) in [7, 11) is 1.69. The van der Waals surface area contributed by atoms with Gasteiger partial charge in [0.15, 0.2) is 0 Å². The van der Waals surface area contributed by atoms with E-state index in [0.29, 0.717) is 12.1 Å². The number of ether oxygens (including phenoxy) is 2. The molecule has 0 saturated carbocycles. The third kappa shape index (κ3) is 2.84. The number of benzene rings is 1. The van der Waals surface area contributed by atoms with Crippen molar-refractivity contribution in [2.24, 2.45) is 0 Å². The van der Waals surface area contributed by atoms with Gasteiger partial charge >= 0.3 is 5.97 Å². The minimum atomic E-state index is -0.936. The summed E-state index contributed by atoms with van der Waals surface area (Å²) >= 11 is 0. The summed E-state index contributed by atoms with van der Waals surface area (Å²) in [5, 5.41) is 9.13. The van der Waals surface area contributed by atoms with E-state index in [1.807, 2.05) is 6.07 Å². The molecule has 1 aromatic heterocycles. The van der Waals surface area contributed by atoms with E-state index < -0.39 is 5.97 Å². The number of hydrogen-bond donors (Lipinski definition) is 1. The van der Waals surface area contributed by atoms with E-state index in [9.17, 15) is 4.79 Å². The van der Waals surface area contributed by atoms with Crippen LogP contribution in [0.2, 0.25) is 0 Å². The zero-order chi connectivity index (χ0) is 15.5. The number of fused-ring (bicyclic) bond motifs is 1. The molecule has 3 rings (SSSR count). The van der Waals surface area contributed by atoms with E-state index in [-0.39, 0.29) is 11.7 Å². The highest BCUT2D eigenvalue weighted by Gasteiger charge is 2.24. The minimum absolute atomic E-state index is 0.00298. The summed E-state index contributed by atoms with van der Waals surface area (Å²) in [5.41, 5.74) is 1.92. The van der Waals surface area contributed by atoms with Crippen LogP contribution >= 0.6 is 0 Å². The highest BCUT2D eigenvalue weighted by molar-refractivity contribution is 5.92. The largest absolute Gasteiger partial charge is 0.478 e. The van der Waals surface area contributed by atoms with Crippen LogP contribution in [-0.4, -0.2) is 41.0 Å². The molecule has 2 heterocycles. The molecule has 0 bridgehead atoms. The van der Waals surface area contributed by atoms with Crippen LogP contribution in [0.3, 0.4) is 0 Å². The predicted octanol–water partition coefficient (Wildman–Crippen LogP) is 2.62. The summed E-state index contributed by atoms with van der Waals surface area (Å²) in [4.78, 5) is 15.8. The molecule has 1 atom stereocenters. The number of carboxylic acids is 1. The first-order valence-corrected chi connectivity index (χ1v) is 7.54. The van der Waals surface area contributed by atoms with Crippen molar-refractivity contribution in [1.82, 2.24) is 9.55 Å². The van der Waals surface area contributed by atoms with E-state index in [2.05, 4.69) is 9.55 Å². The molecule has 22 heavy (non-hydrogen) atoms. The molecule has 118 valence electrons. The molecule has 1 fully saturated rings. The molecule has 1 aliphatic rings. The quantitative estimate of drug-likeness (QED) is 0.830. The first-order valence-electron chi connectivity index (χ1n) is 7.54. The maximum Gasteiger partial charge on any atom is 0.335 e. The molecule has 6 nitrogen and oxygen atoms in total. The Hall–Kier alpha value is -1.92. The van der Waals surface area contributed by atoms with Gasteiger partial charge in [0.1, 0.15) is 11.9 Å². The molecule has 2 aromatic rings. The number of imidazole rings is 1. The van der Waals surface area contributed by atoms with Crippen LogP contribution in [0.5, 0.6) is 0 Å². The molecule has 1 aliphatic heterocycles. The van der Waals surface area contributed by atoms with Crippen molar-refractivity contribution in [2.45, 2.75) is 31.9 Å². The monoisotopic (exact) mass is 304 g/mol. The van der Waals surface area contributed by atoms with Crippen molar-refractivity contribution >= 4 is 17.0 Å². The highest BCUT2D eigenvalue weighted by Crippen LogP contribution is 2.31. The van der Waals surface area contributed by atoms with E-state index in [0.717, 1.165) is 43.8 Å². The molecule has 0 amide bonds. The Bertz CT molecular complexity index is 674. The number of aryl methyl sites for hydroxylation is 1. The Morgan fingerprint density at radius 2 is 2.41 bits per heavy atom. The molecule has 1 aromatic carbocycles. The fourth-order valence-corrected chi connectivity index (χ4v) is 2.91. The molecule has 1 N–H and O–H groups in total. The lowest BCUT2D eigenvalue weighted by Gasteiger charge is -2.13. The number of nitrogens with zero attached hydrogens (tertiary/aromatic N) is 2. The van der Waals surface area contributed by atoms with Crippen LogP contribution in [0.25, 0.3) is 11.0 Å². The zero-order valence-electron chi connectivity index (χ0n) is 12.6. The Balaban J connectivity index is 2.01. The average Bonchev–Trinajstić information content (AvgIpc) is 3.14. The van der Waals surface area contributed by atoms with Crippen molar-refractivity contribution in [1.29, 1.82) is 0 Å². The van der Waals surface area contributed by atoms with E-state index >= 15 is 0 Å². The smallest absolute Gasteiger partial charge is 0.335 e. The maximum atomic E-state index is 11.1. The molecular formula is C16H20N2O4. The summed E-state index contributed by atoms with van der Waals surface area (Å²) < 4.78 is 13.0. The second kappa shape index (κ2) is 6.46. The van der Waals surface area contributed by atoms with Crippen molar-refractivity contribution in [3.63, 3.8) is 0 Å². The average molecular weight is 304 g/mol. The molecule has 6 heteroatoms. The van der Waals surface area contributed by atoms with Gasteiger partial charge in [0.25, 0.3) is 0 Å². The number of methoxy groups -OCH3 is 1. The third-order valence-electron chi connectivity index (χ3n) is 3.97. The van der Waals surface area contributed by atoms with Crippen LogP contribution in [0.15, 0.2) is 18.2 Å². The number of hydrogen-bond acceptors (Lipinski definition) is 4. The number of aromatic carboxylic acids is 1. The van der Waals surface area contributed by atoms with Crippen molar-refractivity contribution < 1.29 is 19.4 Å². The minimum Gasteiger partial charge on any atom is -0.478 e. The summed E-state index contributed by atoms with van der Waals surface area (Å²) in [5.74, 6) is -0.0411. The van der Waals surface area contributed by atoms with Gasteiger partial charge in [0, 0.05) is 26.9 Å². The lowest BCUT2D eigenvalue weighted by Crippen LogP contribution is -2.10. The van der Waals surface area contributed by atoms with Gasteiger partial charge in [0.2, 0.25) is 0 Å². The molecule has 0 spiro atoms. The molecule has 0 aliphatic carbocycles. The predicted molar refractivity (Wildman–Crippen MR) is 81.1 cm³/mol. The van der Waals surface area contributed by atoms with Gasteiger partial charge in [-0.1, -0.05) is 0 Å².